The summed E-state index contributed by atoms with van der Waals surface area (Å²) < 4.78 is 21.6. The molecule has 0 heterocycles. The van der Waals surface area contributed by atoms with Crippen molar-refractivity contribution in [3.8, 4) is 23.3 Å². The molecule has 8 nitrogen and oxygen atoms in total. The second kappa shape index (κ2) is 12.4. The molecule has 0 aliphatic heterocycles. The minimum absolute atomic E-state index is 0.102. The minimum atomic E-state index is -0.561. The Morgan fingerprint density at radius 1 is 1.12 bits per heavy atom. The molecular weight excluding hydrogens is 480 g/mol. The molecule has 0 aromatic heterocycles. The van der Waals surface area contributed by atoms with Crippen LogP contribution in [0.4, 0.5) is 5.69 Å². The van der Waals surface area contributed by atoms with Crippen molar-refractivity contribution in [2.75, 3.05) is 32.2 Å². The Balaban J connectivity index is 2.26. The van der Waals surface area contributed by atoms with E-state index in [1.54, 1.807) is 57.4 Å². The highest BCUT2D eigenvalue weighted by molar-refractivity contribution is 9.10. The standard InChI is InChI=1S/C23H23BrN2O6/c1-4-30-20-12-15(11-19(24)22(20)32-14-21(27)31-5-2)10-16(13-25)23(28)26-17-6-8-18(29-3)9-7-17/h6-12H,4-5,14H2,1-3H3,(H,26,28)/b16-10+. The summed E-state index contributed by atoms with van der Waals surface area (Å²) in [7, 11) is 1.55. The number of rotatable bonds is 10. The van der Waals surface area contributed by atoms with Gasteiger partial charge in [-0.05, 0) is 77.8 Å². The van der Waals surface area contributed by atoms with Crippen LogP contribution in [0.15, 0.2) is 46.4 Å². The summed E-state index contributed by atoms with van der Waals surface area (Å²) in [6.45, 7) is 3.82. The van der Waals surface area contributed by atoms with Gasteiger partial charge in [0.15, 0.2) is 18.1 Å². The SMILES string of the molecule is CCOC(=O)COc1c(Br)cc(/C=C(\C#N)C(=O)Nc2ccc(OC)cc2)cc1OCC. The maximum absolute atomic E-state index is 12.6. The molecule has 2 aromatic carbocycles. The summed E-state index contributed by atoms with van der Waals surface area (Å²) in [6.07, 6.45) is 1.43. The fraction of sp³-hybridized carbons (Fsp3) is 0.261. The number of hydrogen-bond donors (Lipinski definition) is 1. The van der Waals surface area contributed by atoms with Crippen LogP contribution in [0.3, 0.4) is 0 Å². The normalized spacial score (nSPS) is 10.7. The van der Waals surface area contributed by atoms with E-state index in [4.69, 9.17) is 18.9 Å². The zero-order valence-electron chi connectivity index (χ0n) is 17.9. The molecule has 32 heavy (non-hydrogen) atoms. The quantitative estimate of drug-likeness (QED) is 0.292. The molecule has 1 N–H and O–H groups in total. The molecule has 0 aliphatic rings. The van der Waals surface area contributed by atoms with Crippen LogP contribution in [0.1, 0.15) is 19.4 Å². The average molecular weight is 503 g/mol. The van der Waals surface area contributed by atoms with Crippen LogP contribution >= 0.6 is 15.9 Å². The molecule has 0 fully saturated rings. The molecule has 0 atom stereocenters. The first-order chi connectivity index (χ1) is 15.4. The van der Waals surface area contributed by atoms with E-state index in [0.717, 1.165) is 0 Å². The second-order valence-electron chi connectivity index (χ2n) is 6.21. The summed E-state index contributed by atoms with van der Waals surface area (Å²) in [4.78, 5) is 24.2. The number of halogens is 1. The Kier molecular flexibility index (Phi) is 9.57. The van der Waals surface area contributed by atoms with Crippen LogP contribution < -0.4 is 19.5 Å². The number of amides is 1. The van der Waals surface area contributed by atoms with Crippen molar-refractivity contribution in [3.05, 3.63) is 52.0 Å². The van der Waals surface area contributed by atoms with E-state index in [-0.39, 0.29) is 18.8 Å². The van der Waals surface area contributed by atoms with E-state index in [1.165, 1.54) is 6.08 Å². The lowest BCUT2D eigenvalue weighted by atomic mass is 10.1. The van der Waals surface area contributed by atoms with Crippen LogP contribution in [-0.2, 0) is 14.3 Å². The van der Waals surface area contributed by atoms with Crippen molar-refractivity contribution in [3.63, 3.8) is 0 Å². The third-order valence-electron chi connectivity index (χ3n) is 4.00. The summed E-state index contributed by atoms with van der Waals surface area (Å²) in [5.74, 6) is 0.253. The Morgan fingerprint density at radius 3 is 2.44 bits per heavy atom. The molecule has 0 bridgehead atoms. The predicted octanol–water partition coefficient (Wildman–Crippen LogP) is 4.34. The van der Waals surface area contributed by atoms with E-state index in [1.807, 2.05) is 6.07 Å². The molecule has 0 aliphatic carbocycles. The summed E-state index contributed by atoms with van der Waals surface area (Å²) in [5.41, 5.74) is 0.955. The number of carbonyl (C=O) groups excluding carboxylic acids is 2. The molecule has 1 amide bonds. The predicted molar refractivity (Wildman–Crippen MR) is 123 cm³/mol. The van der Waals surface area contributed by atoms with Gasteiger partial charge in [-0.15, -0.1) is 0 Å². The van der Waals surface area contributed by atoms with Gasteiger partial charge in [-0.1, -0.05) is 0 Å². The van der Waals surface area contributed by atoms with E-state index < -0.39 is 11.9 Å². The number of nitrogens with zero attached hydrogens (tertiary/aromatic N) is 1. The van der Waals surface area contributed by atoms with Crippen LogP contribution in [0.2, 0.25) is 0 Å². The van der Waals surface area contributed by atoms with Gasteiger partial charge in [-0.2, -0.15) is 5.26 Å². The molecular formula is C23H23BrN2O6. The van der Waals surface area contributed by atoms with Crippen molar-refractivity contribution in [1.29, 1.82) is 5.26 Å². The van der Waals surface area contributed by atoms with Crippen LogP contribution in [-0.4, -0.2) is 38.8 Å². The average Bonchev–Trinajstić information content (AvgIpc) is 2.77. The van der Waals surface area contributed by atoms with Crippen LogP contribution in [0.5, 0.6) is 17.2 Å². The monoisotopic (exact) mass is 502 g/mol. The number of esters is 1. The van der Waals surface area contributed by atoms with Gasteiger partial charge in [0, 0.05) is 5.69 Å². The lowest BCUT2D eigenvalue weighted by molar-refractivity contribution is -0.145. The maximum atomic E-state index is 12.6. The Bertz CT molecular complexity index is 1030. The minimum Gasteiger partial charge on any atom is -0.497 e. The smallest absolute Gasteiger partial charge is 0.344 e. The molecule has 2 rings (SSSR count). The number of benzene rings is 2. The van der Waals surface area contributed by atoms with Gasteiger partial charge >= 0.3 is 5.97 Å². The lowest BCUT2D eigenvalue weighted by Crippen LogP contribution is -2.15. The largest absolute Gasteiger partial charge is 0.497 e. The van der Waals surface area contributed by atoms with E-state index >= 15 is 0 Å². The molecule has 0 spiro atoms. The Labute approximate surface area is 194 Å². The number of carbonyl (C=O) groups is 2. The van der Waals surface area contributed by atoms with Crippen molar-refractivity contribution in [1.82, 2.24) is 0 Å². The van der Waals surface area contributed by atoms with Gasteiger partial charge < -0.3 is 24.3 Å². The topological polar surface area (TPSA) is 107 Å². The number of anilines is 1. The fourth-order valence-electron chi connectivity index (χ4n) is 2.60. The highest BCUT2D eigenvalue weighted by atomic mass is 79.9. The molecule has 0 unspecified atom stereocenters. The van der Waals surface area contributed by atoms with Gasteiger partial charge in [0.2, 0.25) is 0 Å². The van der Waals surface area contributed by atoms with Crippen LogP contribution in [0, 0.1) is 11.3 Å². The van der Waals surface area contributed by atoms with Gasteiger partial charge in [-0.25, -0.2) is 4.79 Å². The van der Waals surface area contributed by atoms with Crippen molar-refractivity contribution >= 4 is 39.6 Å². The third kappa shape index (κ3) is 7.03. The Morgan fingerprint density at radius 2 is 1.84 bits per heavy atom. The van der Waals surface area contributed by atoms with Crippen molar-refractivity contribution < 1.29 is 28.5 Å². The summed E-state index contributed by atoms with van der Waals surface area (Å²) in [6, 6.07) is 11.9. The number of nitriles is 1. The highest BCUT2D eigenvalue weighted by Gasteiger charge is 2.16. The molecule has 9 heteroatoms. The van der Waals surface area contributed by atoms with E-state index in [0.29, 0.717) is 39.6 Å². The summed E-state index contributed by atoms with van der Waals surface area (Å²) >= 11 is 3.39. The van der Waals surface area contributed by atoms with Crippen molar-refractivity contribution in [2.24, 2.45) is 0 Å². The number of ether oxygens (including phenoxy) is 4. The zero-order chi connectivity index (χ0) is 23.5. The fourth-order valence-corrected chi connectivity index (χ4v) is 3.17. The summed E-state index contributed by atoms with van der Waals surface area (Å²) in [5, 5.41) is 12.2. The number of methoxy groups -OCH3 is 1. The van der Waals surface area contributed by atoms with Gasteiger partial charge in [0.1, 0.15) is 17.4 Å². The molecule has 0 radical (unpaired) electrons. The van der Waals surface area contributed by atoms with Gasteiger partial charge in [-0.3, -0.25) is 4.79 Å². The maximum Gasteiger partial charge on any atom is 0.344 e. The number of hydrogen-bond acceptors (Lipinski definition) is 7. The molecule has 0 saturated heterocycles. The van der Waals surface area contributed by atoms with Crippen molar-refractivity contribution in [2.45, 2.75) is 13.8 Å². The zero-order valence-corrected chi connectivity index (χ0v) is 19.5. The van der Waals surface area contributed by atoms with Gasteiger partial charge in [0.25, 0.3) is 5.91 Å². The molecule has 168 valence electrons. The van der Waals surface area contributed by atoms with E-state index in [9.17, 15) is 14.9 Å². The molecule has 0 saturated carbocycles. The number of nitrogens with one attached hydrogen (secondary N) is 1. The Hall–Kier alpha value is -3.51. The first-order valence-electron chi connectivity index (χ1n) is 9.73. The third-order valence-corrected chi connectivity index (χ3v) is 4.58. The van der Waals surface area contributed by atoms with Crippen LogP contribution in [0.25, 0.3) is 6.08 Å². The first kappa shape index (κ1) is 24.8. The second-order valence-corrected chi connectivity index (χ2v) is 7.06. The highest BCUT2D eigenvalue weighted by Crippen LogP contribution is 2.37. The first-order valence-corrected chi connectivity index (χ1v) is 10.5. The van der Waals surface area contributed by atoms with Gasteiger partial charge in [0.05, 0.1) is 24.8 Å². The molecule has 2 aromatic rings. The lowest BCUT2D eigenvalue weighted by Gasteiger charge is -2.14. The van der Waals surface area contributed by atoms with E-state index in [2.05, 4.69) is 21.2 Å².